The lowest BCUT2D eigenvalue weighted by atomic mass is 10.2. The molecule has 5 aromatic carbocycles. The van der Waals surface area contributed by atoms with Gasteiger partial charge in [0.15, 0.2) is 0 Å². The van der Waals surface area contributed by atoms with Crippen molar-refractivity contribution < 1.29 is 24.1 Å². The molecule has 0 heterocycles. The lowest BCUT2D eigenvalue weighted by Crippen LogP contribution is -2.00. The molecule has 5 nitrogen and oxygen atoms in total. The fraction of sp³-hybridized carbons (Fsp3) is 0.143. The Kier molecular flexibility index (Phi) is 9.32. The van der Waals surface area contributed by atoms with Gasteiger partial charge >= 0.3 is 0 Å². The quantitative estimate of drug-likeness (QED) is 0.170. The Balaban J connectivity index is 1.11. The molecule has 0 bridgehead atoms. The summed E-state index contributed by atoms with van der Waals surface area (Å²) in [6, 6.07) is 41.4. The first-order valence-corrected chi connectivity index (χ1v) is 13.3. The van der Waals surface area contributed by atoms with E-state index in [1.165, 1.54) is 0 Å². The van der Waals surface area contributed by atoms with Crippen LogP contribution in [0, 0.1) is 0 Å². The van der Waals surface area contributed by atoms with Crippen LogP contribution in [0.2, 0.25) is 0 Å². The molecule has 0 saturated carbocycles. The highest BCUT2D eigenvalue weighted by molar-refractivity contribution is 5.33. The number of aliphatic hydroxyl groups excluding tert-OH is 1. The van der Waals surface area contributed by atoms with Gasteiger partial charge < -0.3 is 24.1 Å². The smallest absolute Gasteiger partial charge is 0.120 e. The zero-order valence-corrected chi connectivity index (χ0v) is 22.2. The van der Waals surface area contributed by atoms with E-state index in [4.69, 9.17) is 18.9 Å². The zero-order chi connectivity index (χ0) is 27.4. The minimum Gasteiger partial charge on any atom is -0.489 e. The minimum absolute atomic E-state index is 0.00982. The Hall–Kier alpha value is -4.74. The first-order chi connectivity index (χ1) is 19.7. The minimum atomic E-state index is -0.00982. The lowest BCUT2D eigenvalue weighted by Gasteiger charge is -2.12. The molecule has 0 radical (unpaired) electrons. The second-order valence-electron chi connectivity index (χ2n) is 9.39. The molecule has 0 aliphatic heterocycles. The summed E-state index contributed by atoms with van der Waals surface area (Å²) in [5.41, 5.74) is 5.00. The van der Waals surface area contributed by atoms with Gasteiger partial charge in [-0.05, 0) is 76.3 Å². The predicted molar refractivity (Wildman–Crippen MR) is 155 cm³/mol. The molecule has 0 aliphatic carbocycles. The molecule has 40 heavy (non-hydrogen) atoms. The first-order valence-electron chi connectivity index (χ1n) is 13.3. The van der Waals surface area contributed by atoms with Gasteiger partial charge in [-0.2, -0.15) is 0 Å². The van der Waals surface area contributed by atoms with Crippen molar-refractivity contribution in [3.63, 3.8) is 0 Å². The monoisotopic (exact) mass is 532 g/mol. The molecule has 0 saturated heterocycles. The second-order valence-corrected chi connectivity index (χ2v) is 9.39. The van der Waals surface area contributed by atoms with Crippen LogP contribution in [0.1, 0.15) is 27.8 Å². The van der Waals surface area contributed by atoms with Crippen LogP contribution in [-0.2, 0) is 33.0 Å². The van der Waals surface area contributed by atoms with E-state index in [2.05, 4.69) is 12.1 Å². The largest absolute Gasteiger partial charge is 0.489 e. The molecule has 0 fully saturated rings. The van der Waals surface area contributed by atoms with Gasteiger partial charge in [-0.1, -0.05) is 78.9 Å². The number of hydrogen-bond acceptors (Lipinski definition) is 5. The molecule has 0 aliphatic rings. The van der Waals surface area contributed by atoms with E-state index in [0.29, 0.717) is 26.4 Å². The Labute approximate surface area is 235 Å². The van der Waals surface area contributed by atoms with E-state index in [-0.39, 0.29) is 6.61 Å². The third kappa shape index (κ3) is 8.13. The van der Waals surface area contributed by atoms with Gasteiger partial charge in [0.25, 0.3) is 0 Å². The normalized spacial score (nSPS) is 10.6. The van der Waals surface area contributed by atoms with Crippen LogP contribution in [0.5, 0.6) is 23.0 Å². The highest BCUT2D eigenvalue weighted by Gasteiger charge is 2.04. The highest BCUT2D eigenvalue weighted by Crippen LogP contribution is 2.22. The summed E-state index contributed by atoms with van der Waals surface area (Å²) < 4.78 is 24.0. The van der Waals surface area contributed by atoms with Gasteiger partial charge in [0.2, 0.25) is 0 Å². The summed E-state index contributed by atoms with van der Waals surface area (Å²) in [6.07, 6.45) is 0. The second kappa shape index (κ2) is 13.9. The van der Waals surface area contributed by atoms with Gasteiger partial charge in [-0.15, -0.1) is 0 Å². The van der Waals surface area contributed by atoms with Crippen molar-refractivity contribution in [1.29, 1.82) is 0 Å². The van der Waals surface area contributed by atoms with E-state index >= 15 is 0 Å². The SMILES string of the molecule is OCc1cccc(OCc2cccc(OCc3cccc(OCc4cccc(OCc5ccccc5)c4)c3)c2)c1. The van der Waals surface area contributed by atoms with Crippen molar-refractivity contribution in [2.75, 3.05) is 0 Å². The van der Waals surface area contributed by atoms with Gasteiger partial charge in [-0.3, -0.25) is 0 Å². The summed E-state index contributed by atoms with van der Waals surface area (Å²) >= 11 is 0. The fourth-order valence-corrected chi connectivity index (χ4v) is 4.15. The van der Waals surface area contributed by atoms with Crippen molar-refractivity contribution in [3.05, 3.63) is 155 Å². The third-order valence-electron chi connectivity index (χ3n) is 6.24. The maximum absolute atomic E-state index is 9.31. The molecular formula is C35H32O5. The van der Waals surface area contributed by atoms with Gasteiger partial charge in [0.05, 0.1) is 6.61 Å². The van der Waals surface area contributed by atoms with Crippen molar-refractivity contribution in [2.24, 2.45) is 0 Å². The van der Waals surface area contributed by atoms with Crippen LogP contribution in [-0.4, -0.2) is 5.11 Å². The standard InChI is InChI=1S/C35H32O5/c36-22-28-10-4-14-32(18-28)38-24-30-12-6-16-34(20-30)40-26-31-13-7-17-35(21-31)39-25-29-11-5-15-33(19-29)37-23-27-8-2-1-3-9-27/h1-21,36H,22-26H2. The predicted octanol–water partition coefficient (Wildman–Crippen LogP) is 7.49. The molecule has 5 heteroatoms. The highest BCUT2D eigenvalue weighted by atomic mass is 16.5. The van der Waals surface area contributed by atoms with Crippen molar-refractivity contribution >= 4 is 0 Å². The van der Waals surface area contributed by atoms with Crippen molar-refractivity contribution in [2.45, 2.75) is 33.0 Å². The van der Waals surface area contributed by atoms with Crippen molar-refractivity contribution in [1.82, 2.24) is 0 Å². The summed E-state index contributed by atoms with van der Waals surface area (Å²) in [5, 5.41) is 9.31. The molecule has 0 amide bonds. The zero-order valence-electron chi connectivity index (χ0n) is 22.2. The van der Waals surface area contributed by atoms with Crippen LogP contribution in [0.4, 0.5) is 0 Å². The van der Waals surface area contributed by atoms with E-state index in [1.54, 1.807) is 0 Å². The number of aliphatic hydroxyl groups is 1. The van der Waals surface area contributed by atoms with Crippen LogP contribution in [0.25, 0.3) is 0 Å². The molecular weight excluding hydrogens is 500 g/mol. The molecule has 0 aromatic heterocycles. The number of rotatable bonds is 13. The van der Waals surface area contributed by atoms with Gasteiger partial charge in [0, 0.05) is 0 Å². The number of ether oxygens (including phenoxy) is 4. The lowest BCUT2D eigenvalue weighted by molar-refractivity contribution is 0.277. The summed E-state index contributed by atoms with van der Waals surface area (Å²) in [7, 11) is 0. The maximum Gasteiger partial charge on any atom is 0.120 e. The third-order valence-corrected chi connectivity index (χ3v) is 6.24. The van der Waals surface area contributed by atoms with Gasteiger partial charge in [-0.25, -0.2) is 0 Å². The molecule has 0 unspecified atom stereocenters. The Morgan fingerprint density at radius 3 is 1.07 bits per heavy atom. The molecule has 0 atom stereocenters. The average molecular weight is 533 g/mol. The van der Waals surface area contributed by atoms with E-state index in [0.717, 1.165) is 50.8 Å². The average Bonchev–Trinajstić information content (AvgIpc) is 3.02. The first kappa shape index (κ1) is 26.9. The van der Waals surface area contributed by atoms with Crippen molar-refractivity contribution in [3.8, 4) is 23.0 Å². The molecule has 1 N–H and O–H groups in total. The summed E-state index contributed by atoms with van der Waals surface area (Å²) in [5.74, 6) is 3.09. The Morgan fingerprint density at radius 1 is 0.350 bits per heavy atom. The van der Waals surface area contributed by atoms with Crippen LogP contribution < -0.4 is 18.9 Å². The summed E-state index contributed by atoms with van der Waals surface area (Å²) in [4.78, 5) is 0. The number of hydrogen-bond donors (Lipinski definition) is 1. The van der Waals surface area contributed by atoms with Gasteiger partial charge in [0.1, 0.15) is 49.4 Å². The fourth-order valence-electron chi connectivity index (χ4n) is 4.15. The molecule has 202 valence electrons. The molecule has 5 aromatic rings. The Morgan fingerprint density at radius 2 is 0.675 bits per heavy atom. The topological polar surface area (TPSA) is 57.2 Å². The molecule has 5 rings (SSSR count). The number of benzene rings is 5. The Bertz CT molecular complexity index is 1500. The van der Waals surface area contributed by atoms with E-state index in [1.807, 2.05) is 115 Å². The van der Waals surface area contributed by atoms with E-state index < -0.39 is 0 Å². The van der Waals surface area contributed by atoms with E-state index in [9.17, 15) is 5.11 Å². The summed E-state index contributed by atoms with van der Waals surface area (Å²) in [6.45, 7) is 1.79. The molecule has 0 spiro atoms. The maximum atomic E-state index is 9.31. The van der Waals surface area contributed by atoms with Crippen LogP contribution in [0.3, 0.4) is 0 Å². The van der Waals surface area contributed by atoms with Crippen LogP contribution >= 0.6 is 0 Å². The van der Waals surface area contributed by atoms with Crippen LogP contribution in [0.15, 0.2) is 127 Å².